The number of allylic oxidation sites excluding steroid dienone is 1. The van der Waals surface area contributed by atoms with Crippen LogP contribution in [0.25, 0.3) is 28.2 Å². The van der Waals surface area contributed by atoms with Gasteiger partial charge in [-0.1, -0.05) is 72.8 Å². The molecule has 174 valence electrons. The highest BCUT2D eigenvalue weighted by Crippen LogP contribution is 2.39. The molecule has 0 fully saturated rings. The van der Waals surface area contributed by atoms with E-state index in [0.717, 1.165) is 22.1 Å². The van der Waals surface area contributed by atoms with E-state index in [2.05, 4.69) is 12.1 Å². The summed E-state index contributed by atoms with van der Waals surface area (Å²) in [6, 6.07) is 30.2. The lowest BCUT2D eigenvalue weighted by Crippen LogP contribution is -2.08. The van der Waals surface area contributed by atoms with Crippen LogP contribution in [-0.2, 0) is 0 Å². The van der Waals surface area contributed by atoms with E-state index in [4.69, 9.17) is 13.9 Å². The first-order valence-electron chi connectivity index (χ1n) is 11.5. The molecule has 4 aromatic carbocycles. The normalized spacial score (nSPS) is 13.6. The van der Waals surface area contributed by atoms with E-state index in [0.29, 0.717) is 28.2 Å². The van der Waals surface area contributed by atoms with Crippen LogP contribution < -0.4 is 9.47 Å². The van der Waals surface area contributed by atoms with Crippen molar-refractivity contribution in [3.05, 3.63) is 125 Å². The number of ketones is 1. The topological polar surface area (TPSA) is 65.7 Å². The second-order valence-electron chi connectivity index (χ2n) is 8.53. The van der Waals surface area contributed by atoms with Crippen molar-refractivity contribution < 1.29 is 23.5 Å². The van der Waals surface area contributed by atoms with Crippen LogP contribution in [0.1, 0.15) is 32.0 Å². The van der Waals surface area contributed by atoms with Gasteiger partial charge in [0.15, 0.2) is 5.76 Å². The van der Waals surface area contributed by atoms with E-state index in [1.54, 1.807) is 37.3 Å². The van der Waals surface area contributed by atoms with Gasteiger partial charge in [-0.2, -0.15) is 0 Å². The first-order valence-corrected chi connectivity index (χ1v) is 11.5. The second kappa shape index (κ2) is 8.71. The van der Waals surface area contributed by atoms with Crippen molar-refractivity contribution in [2.24, 2.45) is 0 Å². The third-order valence-corrected chi connectivity index (χ3v) is 6.18. The summed E-state index contributed by atoms with van der Waals surface area (Å²) in [6.07, 6.45) is 1.72. The van der Waals surface area contributed by atoms with Crippen molar-refractivity contribution in [2.45, 2.75) is 6.92 Å². The quantitative estimate of drug-likeness (QED) is 0.157. The second-order valence-corrected chi connectivity index (χ2v) is 8.53. The molecule has 5 aromatic rings. The molecule has 0 spiro atoms. The van der Waals surface area contributed by atoms with Crippen LogP contribution in [0, 0.1) is 6.92 Å². The van der Waals surface area contributed by atoms with Gasteiger partial charge in [0.25, 0.3) is 0 Å². The summed E-state index contributed by atoms with van der Waals surface area (Å²) in [5.41, 5.74) is 4.66. The van der Waals surface area contributed by atoms with Crippen molar-refractivity contribution >= 4 is 28.8 Å². The summed E-state index contributed by atoms with van der Waals surface area (Å²) in [4.78, 5) is 25.7. The third-order valence-electron chi connectivity index (χ3n) is 6.18. The number of hydrogen-bond acceptors (Lipinski definition) is 5. The Balaban J connectivity index is 1.23. The minimum Gasteiger partial charge on any atom is -0.452 e. The Labute approximate surface area is 207 Å². The van der Waals surface area contributed by atoms with Gasteiger partial charge >= 0.3 is 5.97 Å². The zero-order valence-corrected chi connectivity index (χ0v) is 19.4. The van der Waals surface area contributed by atoms with Crippen LogP contribution in [0.2, 0.25) is 0 Å². The molecule has 0 atom stereocenters. The predicted octanol–water partition coefficient (Wildman–Crippen LogP) is 7.24. The summed E-state index contributed by atoms with van der Waals surface area (Å²) in [5.74, 6) is 0.194. The van der Waals surface area contributed by atoms with Crippen molar-refractivity contribution in [1.29, 1.82) is 0 Å². The van der Waals surface area contributed by atoms with Gasteiger partial charge < -0.3 is 13.9 Å². The number of rotatable bonds is 4. The summed E-state index contributed by atoms with van der Waals surface area (Å²) < 4.78 is 17.1. The highest BCUT2D eigenvalue weighted by Gasteiger charge is 2.31. The summed E-state index contributed by atoms with van der Waals surface area (Å²) in [7, 11) is 0. The van der Waals surface area contributed by atoms with Crippen LogP contribution >= 0.6 is 0 Å². The molecule has 0 saturated carbocycles. The molecule has 5 nitrogen and oxygen atoms in total. The number of hydrogen-bond donors (Lipinski definition) is 0. The number of Topliss-reactive ketones (excluding diaryl/α,β-unsaturated/α-hetero) is 1. The van der Waals surface area contributed by atoms with Gasteiger partial charge in [0.1, 0.15) is 17.1 Å². The molecule has 0 N–H and O–H groups in total. The maximum Gasteiger partial charge on any atom is 0.379 e. The fourth-order valence-corrected chi connectivity index (χ4v) is 4.26. The monoisotopic (exact) mass is 472 g/mol. The molecule has 0 bridgehead atoms. The Kier molecular flexibility index (Phi) is 5.23. The average molecular weight is 472 g/mol. The summed E-state index contributed by atoms with van der Waals surface area (Å²) in [5, 5.41) is 0.815. The molecular weight excluding hydrogens is 452 g/mol. The van der Waals surface area contributed by atoms with E-state index >= 15 is 0 Å². The van der Waals surface area contributed by atoms with Gasteiger partial charge in [0, 0.05) is 10.9 Å². The van der Waals surface area contributed by atoms with E-state index in [9.17, 15) is 9.59 Å². The maximum absolute atomic E-state index is 13.0. The molecule has 2 heterocycles. The standard InChI is InChI=1S/C31H20O5/c1-19-25(36-31(33)28-18-23-9-5-6-10-26(23)34-28)16-15-24-29(32)27(35-30(19)24)17-20-11-13-22(14-12-20)21-7-3-2-4-8-21/h2-18H,1H3/b27-17-. The number of esters is 1. The van der Waals surface area contributed by atoms with Gasteiger partial charge in [-0.25, -0.2) is 4.79 Å². The highest BCUT2D eigenvalue weighted by molar-refractivity contribution is 6.15. The van der Waals surface area contributed by atoms with Crippen molar-refractivity contribution in [3.8, 4) is 22.6 Å². The van der Waals surface area contributed by atoms with Gasteiger partial charge in [-0.3, -0.25) is 4.79 Å². The molecule has 1 aromatic heterocycles. The molecule has 0 saturated heterocycles. The lowest BCUT2D eigenvalue weighted by Gasteiger charge is -2.09. The number of para-hydroxylation sites is 1. The van der Waals surface area contributed by atoms with Crippen molar-refractivity contribution in [2.75, 3.05) is 0 Å². The number of fused-ring (bicyclic) bond motifs is 2. The predicted molar refractivity (Wildman–Crippen MR) is 137 cm³/mol. The zero-order chi connectivity index (χ0) is 24.6. The SMILES string of the molecule is Cc1c(OC(=O)c2cc3ccccc3o2)ccc2c1O/C(=C\c1ccc(-c3ccccc3)cc1)C2=O. The van der Waals surface area contributed by atoms with Crippen LogP contribution in [-0.4, -0.2) is 11.8 Å². The molecule has 5 heteroatoms. The smallest absolute Gasteiger partial charge is 0.379 e. The minimum absolute atomic E-state index is 0.104. The number of ether oxygens (including phenoxy) is 2. The van der Waals surface area contributed by atoms with Crippen LogP contribution in [0.4, 0.5) is 0 Å². The van der Waals surface area contributed by atoms with Gasteiger partial charge in [0.05, 0.1) is 5.56 Å². The van der Waals surface area contributed by atoms with Gasteiger partial charge in [-0.15, -0.1) is 0 Å². The largest absolute Gasteiger partial charge is 0.452 e. The molecular formula is C31H20O5. The average Bonchev–Trinajstić information content (AvgIpc) is 3.48. The van der Waals surface area contributed by atoms with Crippen LogP contribution in [0.3, 0.4) is 0 Å². The van der Waals surface area contributed by atoms with E-state index < -0.39 is 5.97 Å². The Morgan fingerprint density at radius 3 is 2.33 bits per heavy atom. The Hall–Kier alpha value is -4.90. The molecule has 0 amide bonds. The molecule has 6 rings (SSSR count). The molecule has 1 aliphatic heterocycles. The van der Waals surface area contributed by atoms with Crippen LogP contribution in [0.5, 0.6) is 11.5 Å². The van der Waals surface area contributed by atoms with E-state index in [1.807, 2.05) is 60.7 Å². The number of carbonyl (C=O) groups excluding carboxylic acids is 2. The summed E-state index contributed by atoms with van der Waals surface area (Å²) in [6.45, 7) is 1.75. The van der Waals surface area contributed by atoms with E-state index in [-0.39, 0.29) is 17.3 Å². The van der Waals surface area contributed by atoms with Gasteiger partial charge in [-0.05, 0) is 54.0 Å². The zero-order valence-electron chi connectivity index (χ0n) is 19.4. The first-order chi connectivity index (χ1) is 17.6. The fraction of sp³-hybridized carbons (Fsp3) is 0.0323. The molecule has 1 aliphatic rings. The number of benzene rings is 4. The number of furan rings is 1. The van der Waals surface area contributed by atoms with Crippen molar-refractivity contribution in [3.63, 3.8) is 0 Å². The van der Waals surface area contributed by atoms with E-state index in [1.165, 1.54) is 0 Å². The minimum atomic E-state index is -0.618. The Morgan fingerprint density at radius 1 is 0.833 bits per heavy atom. The van der Waals surface area contributed by atoms with Gasteiger partial charge in [0.2, 0.25) is 11.5 Å². The molecule has 0 radical (unpaired) electrons. The maximum atomic E-state index is 13.0. The van der Waals surface area contributed by atoms with Crippen LogP contribution in [0.15, 0.2) is 107 Å². The third kappa shape index (κ3) is 3.87. The Bertz CT molecular complexity index is 1620. The number of carbonyl (C=O) groups is 2. The fourth-order valence-electron chi connectivity index (χ4n) is 4.26. The lowest BCUT2D eigenvalue weighted by atomic mass is 10.0. The van der Waals surface area contributed by atoms with Crippen molar-refractivity contribution in [1.82, 2.24) is 0 Å². The first kappa shape index (κ1) is 21.6. The lowest BCUT2D eigenvalue weighted by molar-refractivity contribution is 0.0702. The Morgan fingerprint density at radius 2 is 1.56 bits per heavy atom. The highest BCUT2D eigenvalue weighted by atomic mass is 16.5. The molecule has 0 unspecified atom stereocenters. The molecule has 0 aliphatic carbocycles. The molecule has 36 heavy (non-hydrogen) atoms. The summed E-state index contributed by atoms with van der Waals surface area (Å²) >= 11 is 0.